The summed E-state index contributed by atoms with van der Waals surface area (Å²) in [5, 5.41) is 28.1. The van der Waals surface area contributed by atoms with Crippen LogP contribution in [-0.4, -0.2) is 34.1 Å². The standard InChI is InChI=1S/C20H34O3/c1-2-3-4-5-6-9-14-19(22)15-10-7-8-11-16-20(23)17-12-13-18-21/h6-11,15-16,19-23H,2-5,12-14,17-18H2,1H3/b8-7+,9-6-,15-10+,16-11+/t19-,20-/m1/s1. The van der Waals surface area contributed by atoms with E-state index in [1.165, 1.54) is 19.3 Å². The van der Waals surface area contributed by atoms with Gasteiger partial charge in [-0.3, -0.25) is 0 Å². The van der Waals surface area contributed by atoms with Gasteiger partial charge in [-0.05, 0) is 38.5 Å². The maximum Gasteiger partial charge on any atom is 0.0758 e. The highest BCUT2D eigenvalue weighted by atomic mass is 16.3. The Balaban J connectivity index is 3.77. The molecule has 0 bridgehead atoms. The third kappa shape index (κ3) is 17.0. The van der Waals surface area contributed by atoms with Crippen molar-refractivity contribution in [3.8, 4) is 0 Å². The van der Waals surface area contributed by atoms with E-state index in [0.717, 1.165) is 19.3 Å². The second-order valence-electron chi connectivity index (χ2n) is 5.71. The third-order valence-corrected chi connectivity index (χ3v) is 3.43. The Morgan fingerprint density at radius 3 is 2.13 bits per heavy atom. The molecule has 0 amide bonds. The highest BCUT2D eigenvalue weighted by molar-refractivity contribution is 5.13. The second kappa shape index (κ2) is 17.2. The lowest BCUT2D eigenvalue weighted by Gasteiger charge is -2.02. The summed E-state index contributed by atoms with van der Waals surface area (Å²) < 4.78 is 0. The van der Waals surface area contributed by atoms with Crippen molar-refractivity contribution >= 4 is 0 Å². The summed E-state index contributed by atoms with van der Waals surface area (Å²) in [6, 6.07) is 0. The molecule has 0 aliphatic rings. The molecule has 0 fully saturated rings. The zero-order chi connectivity index (χ0) is 17.2. The molecular weight excluding hydrogens is 288 g/mol. The molecule has 0 saturated heterocycles. The summed E-state index contributed by atoms with van der Waals surface area (Å²) in [5.74, 6) is 0. The van der Waals surface area contributed by atoms with Gasteiger partial charge in [0.1, 0.15) is 0 Å². The van der Waals surface area contributed by atoms with Crippen LogP contribution in [0.3, 0.4) is 0 Å². The summed E-state index contributed by atoms with van der Waals surface area (Å²) >= 11 is 0. The molecule has 0 unspecified atom stereocenters. The van der Waals surface area contributed by atoms with Crippen LogP contribution in [0.2, 0.25) is 0 Å². The number of hydrogen-bond donors (Lipinski definition) is 3. The monoisotopic (exact) mass is 322 g/mol. The SMILES string of the molecule is CCCCC/C=C\C[C@@H](O)/C=C/C=C/C=C/[C@@H](O)CCCCO. The smallest absolute Gasteiger partial charge is 0.0758 e. The van der Waals surface area contributed by atoms with Crippen LogP contribution in [0.4, 0.5) is 0 Å². The Kier molecular flexibility index (Phi) is 16.3. The zero-order valence-electron chi connectivity index (χ0n) is 14.5. The van der Waals surface area contributed by atoms with Gasteiger partial charge in [0.2, 0.25) is 0 Å². The van der Waals surface area contributed by atoms with Crippen molar-refractivity contribution in [3.63, 3.8) is 0 Å². The molecule has 132 valence electrons. The fourth-order valence-electron chi connectivity index (χ4n) is 2.02. The number of unbranched alkanes of at least 4 members (excludes halogenated alkanes) is 4. The van der Waals surface area contributed by atoms with Crippen molar-refractivity contribution < 1.29 is 15.3 Å². The molecule has 3 heteroatoms. The molecule has 3 N–H and O–H groups in total. The lowest BCUT2D eigenvalue weighted by molar-refractivity contribution is 0.201. The van der Waals surface area contributed by atoms with Crippen molar-refractivity contribution in [1.29, 1.82) is 0 Å². The van der Waals surface area contributed by atoms with Crippen molar-refractivity contribution in [2.24, 2.45) is 0 Å². The first kappa shape index (κ1) is 21.8. The first-order chi connectivity index (χ1) is 11.2. The molecule has 0 spiro atoms. The maximum atomic E-state index is 9.77. The van der Waals surface area contributed by atoms with Crippen LogP contribution in [-0.2, 0) is 0 Å². The van der Waals surface area contributed by atoms with Gasteiger partial charge in [0.15, 0.2) is 0 Å². The number of allylic oxidation sites excluding steroid dienone is 5. The van der Waals surface area contributed by atoms with Crippen molar-refractivity contribution in [2.75, 3.05) is 6.61 Å². The van der Waals surface area contributed by atoms with E-state index in [4.69, 9.17) is 5.11 Å². The van der Waals surface area contributed by atoms with Gasteiger partial charge < -0.3 is 15.3 Å². The lowest BCUT2D eigenvalue weighted by Crippen LogP contribution is -2.01. The number of aliphatic hydroxyl groups excluding tert-OH is 3. The third-order valence-electron chi connectivity index (χ3n) is 3.43. The topological polar surface area (TPSA) is 60.7 Å². The molecule has 23 heavy (non-hydrogen) atoms. The predicted octanol–water partition coefficient (Wildman–Crippen LogP) is 4.07. The second-order valence-corrected chi connectivity index (χ2v) is 5.71. The number of aliphatic hydroxyl groups is 3. The molecular formula is C20H34O3. The Morgan fingerprint density at radius 1 is 0.783 bits per heavy atom. The van der Waals surface area contributed by atoms with E-state index in [2.05, 4.69) is 13.0 Å². The summed E-state index contributed by atoms with van der Waals surface area (Å²) in [6.07, 6.45) is 21.7. The first-order valence-electron chi connectivity index (χ1n) is 8.84. The summed E-state index contributed by atoms with van der Waals surface area (Å²) in [7, 11) is 0. The summed E-state index contributed by atoms with van der Waals surface area (Å²) in [5.41, 5.74) is 0. The van der Waals surface area contributed by atoms with Gasteiger partial charge in [0.25, 0.3) is 0 Å². The van der Waals surface area contributed by atoms with Gasteiger partial charge in [0.05, 0.1) is 12.2 Å². The van der Waals surface area contributed by atoms with E-state index in [-0.39, 0.29) is 6.61 Å². The highest BCUT2D eigenvalue weighted by Crippen LogP contribution is 2.03. The van der Waals surface area contributed by atoms with E-state index < -0.39 is 12.2 Å². The molecule has 0 aromatic carbocycles. The van der Waals surface area contributed by atoms with Crippen LogP contribution in [0.1, 0.15) is 58.3 Å². The minimum absolute atomic E-state index is 0.178. The summed E-state index contributed by atoms with van der Waals surface area (Å²) in [6.45, 7) is 2.37. The van der Waals surface area contributed by atoms with Crippen molar-refractivity contribution in [3.05, 3.63) is 48.6 Å². The maximum absolute atomic E-state index is 9.77. The largest absolute Gasteiger partial charge is 0.396 e. The number of rotatable bonds is 14. The molecule has 0 rings (SSSR count). The van der Waals surface area contributed by atoms with Gasteiger partial charge in [-0.1, -0.05) is 68.4 Å². The Bertz CT molecular complexity index is 356. The van der Waals surface area contributed by atoms with Crippen LogP contribution in [0.5, 0.6) is 0 Å². The molecule has 0 radical (unpaired) electrons. The van der Waals surface area contributed by atoms with Crippen LogP contribution in [0.15, 0.2) is 48.6 Å². The molecule has 0 heterocycles. The van der Waals surface area contributed by atoms with Gasteiger partial charge >= 0.3 is 0 Å². The molecule has 0 aromatic rings. The van der Waals surface area contributed by atoms with Crippen LogP contribution >= 0.6 is 0 Å². The molecule has 0 saturated carbocycles. The summed E-state index contributed by atoms with van der Waals surface area (Å²) in [4.78, 5) is 0. The Labute approximate surface area is 141 Å². The normalized spacial score (nSPS) is 15.5. The Morgan fingerprint density at radius 2 is 1.48 bits per heavy atom. The minimum Gasteiger partial charge on any atom is -0.396 e. The lowest BCUT2D eigenvalue weighted by atomic mass is 10.1. The zero-order valence-corrected chi connectivity index (χ0v) is 14.5. The van der Waals surface area contributed by atoms with Gasteiger partial charge in [-0.25, -0.2) is 0 Å². The van der Waals surface area contributed by atoms with Crippen LogP contribution < -0.4 is 0 Å². The highest BCUT2D eigenvalue weighted by Gasteiger charge is 1.96. The van der Waals surface area contributed by atoms with E-state index in [9.17, 15) is 10.2 Å². The number of hydrogen-bond acceptors (Lipinski definition) is 3. The van der Waals surface area contributed by atoms with Gasteiger partial charge in [0, 0.05) is 6.61 Å². The van der Waals surface area contributed by atoms with Crippen molar-refractivity contribution in [1.82, 2.24) is 0 Å². The molecule has 0 aliphatic heterocycles. The molecule has 0 aromatic heterocycles. The molecule has 3 nitrogen and oxygen atoms in total. The molecule has 0 aliphatic carbocycles. The Hall–Kier alpha value is -1.16. The predicted molar refractivity (Wildman–Crippen MR) is 98.3 cm³/mol. The van der Waals surface area contributed by atoms with E-state index in [1.54, 1.807) is 18.2 Å². The first-order valence-corrected chi connectivity index (χ1v) is 8.84. The van der Waals surface area contributed by atoms with Crippen LogP contribution in [0.25, 0.3) is 0 Å². The molecule has 2 atom stereocenters. The average Bonchev–Trinajstić information content (AvgIpc) is 2.54. The quantitative estimate of drug-likeness (QED) is 0.257. The minimum atomic E-state index is -0.460. The van der Waals surface area contributed by atoms with Crippen molar-refractivity contribution in [2.45, 2.75) is 70.5 Å². The van der Waals surface area contributed by atoms with E-state index in [0.29, 0.717) is 12.8 Å². The fraction of sp³-hybridized carbons (Fsp3) is 0.600. The average molecular weight is 322 g/mol. The van der Waals surface area contributed by atoms with E-state index in [1.807, 2.05) is 24.3 Å². The fourth-order valence-corrected chi connectivity index (χ4v) is 2.02. The van der Waals surface area contributed by atoms with Crippen LogP contribution in [0, 0.1) is 0 Å². The van der Waals surface area contributed by atoms with E-state index >= 15 is 0 Å². The van der Waals surface area contributed by atoms with Gasteiger partial charge in [-0.15, -0.1) is 0 Å². The van der Waals surface area contributed by atoms with Gasteiger partial charge in [-0.2, -0.15) is 0 Å².